The first kappa shape index (κ1) is 25.7. The van der Waals surface area contributed by atoms with Gasteiger partial charge in [-0.2, -0.15) is 0 Å². The van der Waals surface area contributed by atoms with Crippen LogP contribution in [-0.4, -0.2) is 48.3 Å². The number of ether oxygens (including phenoxy) is 2. The molecule has 0 saturated carbocycles. The fourth-order valence-electron chi connectivity index (χ4n) is 3.58. The number of carboxylic acid groups (broad SMARTS) is 1. The van der Waals surface area contributed by atoms with Crippen LogP contribution in [0.15, 0.2) is 23.9 Å². The van der Waals surface area contributed by atoms with E-state index in [2.05, 4.69) is 15.6 Å². The summed E-state index contributed by atoms with van der Waals surface area (Å²) in [5.74, 6) is 0.467. The molecule has 1 aromatic carbocycles. The summed E-state index contributed by atoms with van der Waals surface area (Å²) in [5.41, 5.74) is 4.40. The summed E-state index contributed by atoms with van der Waals surface area (Å²) in [6.45, 7) is 11.0. The number of methoxy groups -OCH3 is 2. The van der Waals surface area contributed by atoms with Crippen LogP contribution in [0.25, 0.3) is 17.2 Å². The zero-order valence-electron chi connectivity index (χ0n) is 20.5. The molecular weight excluding hydrogens is 422 g/mol. The van der Waals surface area contributed by atoms with Crippen LogP contribution >= 0.6 is 0 Å². The Morgan fingerprint density at radius 1 is 1.06 bits per heavy atom. The van der Waals surface area contributed by atoms with Crippen LogP contribution in [0.3, 0.4) is 0 Å². The van der Waals surface area contributed by atoms with Crippen molar-refractivity contribution < 1.29 is 24.2 Å². The molecule has 2 aromatic rings. The van der Waals surface area contributed by atoms with Crippen LogP contribution in [0, 0.1) is 13.8 Å². The van der Waals surface area contributed by atoms with Gasteiger partial charge >= 0.3 is 5.97 Å². The smallest absolute Gasteiger partial charge is 0.325 e. The Kier molecular flexibility index (Phi) is 8.45. The molecule has 0 fully saturated rings. The summed E-state index contributed by atoms with van der Waals surface area (Å²) in [5, 5.41) is 14.8. The van der Waals surface area contributed by atoms with E-state index in [0.717, 1.165) is 28.1 Å². The molecule has 178 valence electrons. The molecule has 2 rings (SSSR count). The lowest BCUT2D eigenvalue weighted by atomic mass is 9.91. The van der Waals surface area contributed by atoms with Crippen molar-refractivity contribution in [2.24, 2.45) is 0 Å². The number of aliphatic carboxylic acids is 1. The summed E-state index contributed by atoms with van der Waals surface area (Å²) in [6, 6.07) is 3.17. The van der Waals surface area contributed by atoms with E-state index in [0.29, 0.717) is 22.6 Å². The number of carboxylic acids is 1. The fourth-order valence-corrected chi connectivity index (χ4v) is 3.58. The van der Waals surface area contributed by atoms with Crippen molar-refractivity contribution in [3.8, 4) is 22.6 Å². The Labute approximate surface area is 195 Å². The fraction of sp³-hybridized carbons (Fsp3) is 0.400. The summed E-state index contributed by atoms with van der Waals surface area (Å²) >= 11 is 0. The van der Waals surface area contributed by atoms with E-state index in [1.807, 2.05) is 39.8 Å². The van der Waals surface area contributed by atoms with Crippen LogP contribution < -0.4 is 20.1 Å². The molecule has 0 aliphatic heterocycles. The molecule has 0 aliphatic rings. The zero-order valence-corrected chi connectivity index (χ0v) is 20.5. The number of anilines is 1. The SMILES string of the molecule is COc1c(C)c(-c2ccc(NC(C)C)nc2)c(OC)c(C)c1C=C(C)C(=O)N[C@H](C)C(=O)O. The van der Waals surface area contributed by atoms with Crippen molar-refractivity contribution in [3.63, 3.8) is 0 Å². The van der Waals surface area contributed by atoms with Gasteiger partial charge in [-0.15, -0.1) is 0 Å². The monoisotopic (exact) mass is 455 g/mol. The molecule has 1 atom stereocenters. The molecule has 8 nitrogen and oxygen atoms in total. The standard InChI is InChI=1S/C25H33N3O5/c1-13(2)27-20-10-9-18(12-26-20)21-16(5)22(32-7)19(15(4)23(21)33-8)11-14(3)24(29)28-17(6)25(30)31/h9-13,17H,1-8H3,(H,26,27)(H,28,29)(H,30,31)/t17-/m1/s1. The zero-order chi connectivity index (χ0) is 24.9. The first-order valence-electron chi connectivity index (χ1n) is 10.7. The topological polar surface area (TPSA) is 110 Å². The van der Waals surface area contributed by atoms with Crippen molar-refractivity contribution in [2.45, 2.75) is 53.6 Å². The first-order chi connectivity index (χ1) is 15.5. The number of amides is 1. The summed E-state index contributed by atoms with van der Waals surface area (Å²) in [6.07, 6.45) is 3.47. The quantitative estimate of drug-likeness (QED) is 0.486. The number of nitrogens with one attached hydrogen (secondary N) is 2. The van der Waals surface area contributed by atoms with Gasteiger partial charge in [-0.25, -0.2) is 4.98 Å². The lowest BCUT2D eigenvalue weighted by molar-refractivity contribution is -0.140. The molecule has 8 heteroatoms. The van der Waals surface area contributed by atoms with Gasteiger partial charge in [0.1, 0.15) is 23.4 Å². The van der Waals surface area contributed by atoms with E-state index in [1.165, 1.54) is 6.92 Å². The number of nitrogens with zero attached hydrogens (tertiary/aromatic N) is 1. The van der Waals surface area contributed by atoms with Crippen molar-refractivity contribution in [3.05, 3.63) is 40.6 Å². The molecule has 0 saturated heterocycles. The van der Waals surface area contributed by atoms with Crippen molar-refractivity contribution in [1.29, 1.82) is 0 Å². The summed E-state index contributed by atoms with van der Waals surface area (Å²) in [4.78, 5) is 28.1. The summed E-state index contributed by atoms with van der Waals surface area (Å²) < 4.78 is 11.5. The highest BCUT2D eigenvalue weighted by atomic mass is 16.5. The van der Waals surface area contributed by atoms with Gasteiger partial charge in [0, 0.05) is 45.6 Å². The molecule has 1 amide bonds. The minimum absolute atomic E-state index is 0.270. The molecular formula is C25H33N3O5. The molecule has 0 spiro atoms. The van der Waals surface area contributed by atoms with Crippen LogP contribution in [0.2, 0.25) is 0 Å². The van der Waals surface area contributed by atoms with Gasteiger partial charge in [0.15, 0.2) is 0 Å². The average molecular weight is 456 g/mol. The lowest BCUT2D eigenvalue weighted by Crippen LogP contribution is -2.38. The van der Waals surface area contributed by atoms with Gasteiger partial charge in [0.2, 0.25) is 5.91 Å². The Morgan fingerprint density at radius 3 is 2.18 bits per heavy atom. The maximum atomic E-state index is 12.5. The Bertz CT molecular complexity index is 1060. The normalized spacial score (nSPS) is 12.3. The van der Waals surface area contributed by atoms with E-state index < -0.39 is 17.9 Å². The second-order valence-electron chi connectivity index (χ2n) is 8.20. The maximum absolute atomic E-state index is 12.5. The number of hydrogen-bond donors (Lipinski definition) is 3. The van der Waals surface area contributed by atoms with E-state index in [4.69, 9.17) is 14.6 Å². The lowest BCUT2D eigenvalue weighted by Gasteiger charge is -2.21. The number of carbonyl (C=O) groups excluding carboxylic acids is 1. The van der Waals surface area contributed by atoms with Crippen LogP contribution in [-0.2, 0) is 9.59 Å². The molecule has 1 aromatic heterocycles. The van der Waals surface area contributed by atoms with Crippen LogP contribution in [0.4, 0.5) is 5.82 Å². The number of benzene rings is 1. The highest BCUT2D eigenvalue weighted by molar-refractivity contribution is 6.00. The van der Waals surface area contributed by atoms with Crippen LogP contribution in [0.5, 0.6) is 11.5 Å². The molecule has 0 bridgehead atoms. The first-order valence-corrected chi connectivity index (χ1v) is 10.7. The van der Waals surface area contributed by atoms with Crippen LogP contribution in [0.1, 0.15) is 44.4 Å². The second-order valence-corrected chi connectivity index (χ2v) is 8.20. The second kappa shape index (κ2) is 10.8. The maximum Gasteiger partial charge on any atom is 0.325 e. The van der Waals surface area contributed by atoms with Gasteiger partial charge in [0.25, 0.3) is 0 Å². The highest BCUT2D eigenvalue weighted by Crippen LogP contribution is 2.44. The molecule has 1 heterocycles. The largest absolute Gasteiger partial charge is 0.496 e. The molecule has 0 radical (unpaired) electrons. The number of aromatic nitrogens is 1. The number of carbonyl (C=O) groups is 2. The van der Waals surface area contributed by atoms with Crippen molar-refractivity contribution in [1.82, 2.24) is 10.3 Å². The number of hydrogen-bond acceptors (Lipinski definition) is 6. The third-order valence-electron chi connectivity index (χ3n) is 5.27. The average Bonchev–Trinajstić information content (AvgIpc) is 2.76. The van der Waals surface area contributed by atoms with Gasteiger partial charge in [-0.05, 0) is 59.8 Å². The number of rotatable bonds is 9. The van der Waals surface area contributed by atoms with E-state index in [9.17, 15) is 9.59 Å². The van der Waals surface area contributed by atoms with Gasteiger partial charge in [0.05, 0.1) is 14.2 Å². The molecule has 0 aliphatic carbocycles. The van der Waals surface area contributed by atoms with Gasteiger partial charge < -0.3 is 25.2 Å². The Balaban J connectivity index is 2.59. The third-order valence-corrected chi connectivity index (χ3v) is 5.27. The highest BCUT2D eigenvalue weighted by Gasteiger charge is 2.23. The van der Waals surface area contributed by atoms with Gasteiger partial charge in [-0.3, -0.25) is 9.59 Å². The minimum Gasteiger partial charge on any atom is -0.496 e. The predicted octanol–water partition coefficient (Wildman–Crippen LogP) is 4.20. The van der Waals surface area contributed by atoms with E-state index >= 15 is 0 Å². The predicted molar refractivity (Wildman–Crippen MR) is 130 cm³/mol. The third kappa shape index (κ3) is 5.83. The molecule has 33 heavy (non-hydrogen) atoms. The summed E-state index contributed by atoms with van der Waals surface area (Å²) in [7, 11) is 3.17. The molecule has 0 unspecified atom stereocenters. The van der Waals surface area contributed by atoms with Crippen molar-refractivity contribution in [2.75, 3.05) is 19.5 Å². The number of pyridine rings is 1. The van der Waals surface area contributed by atoms with E-state index in [1.54, 1.807) is 33.4 Å². The minimum atomic E-state index is -1.10. The Morgan fingerprint density at radius 2 is 1.70 bits per heavy atom. The van der Waals surface area contributed by atoms with Gasteiger partial charge in [-0.1, -0.05) is 0 Å². The van der Waals surface area contributed by atoms with E-state index in [-0.39, 0.29) is 6.04 Å². The molecule has 3 N–H and O–H groups in total. The van der Waals surface area contributed by atoms with Crippen molar-refractivity contribution >= 4 is 23.8 Å². The Hall–Kier alpha value is -3.55.